The van der Waals surface area contributed by atoms with Gasteiger partial charge in [0.05, 0.1) is 0 Å². The Morgan fingerprint density at radius 3 is 2.73 bits per heavy atom. The highest BCUT2D eigenvalue weighted by Gasteiger charge is 2.27. The van der Waals surface area contributed by atoms with Gasteiger partial charge in [-0.1, -0.05) is 6.07 Å². The van der Waals surface area contributed by atoms with E-state index >= 15 is 0 Å². The van der Waals surface area contributed by atoms with Gasteiger partial charge in [0.1, 0.15) is 24.0 Å². The third-order valence-corrected chi connectivity index (χ3v) is 5.34. The Morgan fingerprint density at radius 1 is 1.13 bits per heavy atom. The van der Waals surface area contributed by atoms with Crippen LogP contribution in [0.25, 0.3) is 0 Å². The van der Waals surface area contributed by atoms with E-state index in [1.807, 2.05) is 12.1 Å². The van der Waals surface area contributed by atoms with E-state index in [0.29, 0.717) is 36.6 Å². The summed E-state index contributed by atoms with van der Waals surface area (Å²) in [5.41, 5.74) is 1.84. The summed E-state index contributed by atoms with van der Waals surface area (Å²) in [5.74, 6) is -0.549. The number of rotatable bonds is 5. The van der Waals surface area contributed by atoms with Gasteiger partial charge < -0.3 is 9.64 Å². The van der Waals surface area contributed by atoms with Gasteiger partial charge in [-0.25, -0.2) is 8.78 Å². The molecule has 2 aromatic carbocycles. The Morgan fingerprint density at radius 2 is 1.97 bits per heavy atom. The number of likely N-dealkylation sites (tertiary alicyclic amines) is 1. The zero-order chi connectivity index (χ0) is 20.9. The van der Waals surface area contributed by atoms with E-state index in [2.05, 4.69) is 4.98 Å². The second kappa shape index (κ2) is 9.03. The Kier molecular flexibility index (Phi) is 6.02. The standard InChI is InChI=1S/C24H22F2N2O2/c25-20-7-10-23(26)22(13-20)19-4-2-12-28(15-19)24(29)18-5-8-21(9-6-18)30-16-17-3-1-11-27-14-17/h1,3,5-11,13-14,19H,2,4,12,15-16H2. The maximum atomic E-state index is 14.2. The summed E-state index contributed by atoms with van der Waals surface area (Å²) >= 11 is 0. The number of amides is 1. The molecule has 1 unspecified atom stereocenters. The number of pyridine rings is 1. The van der Waals surface area contributed by atoms with Crippen LogP contribution in [-0.2, 0) is 6.61 Å². The minimum Gasteiger partial charge on any atom is -0.489 e. The Labute approximate surface area is 174 Å². The van der Waals surface area contributed by atoms with E-state index in [1.165, 1.54) is 6.07 Å². The van der Waals surface area contributed by atoms with Crippen LogP contribution >= 0.6 is 0 Å². The van der Waals surface area contributed by atoms with Crippen LogP contribution in [0.1, 0.15) is 40.2 Å². The molecule has 1 atom stereocenters. The molecule has 0 saturated carbocycles. The van der Waals surface area contributed by atoms with Gasteiger partial charge in [-0.05, 0) is 66.9 Å². The van der Waals surface area contributed by atoms with Crippen LogP contribution in [0.3, 0.4) is 0 Å². The number of carbonyl (C=O) groups excluding carboxylic acids is 1. The second-order valence-electron chi connectivity index (χ2n) is 7.43. The maximum absolute atomic E-state index is 14.2. The van der Waals surface area contributed by atoms with E-state index in [-0.39, 0.29) is 11.8 Å². The molecule has 3 aromatic rings. The molecular formula is C24H22F2N2O2. The van der Waals surface area contributed by atoms with E-state index in [0.717, 1.165) is 30.5 Å². The van der Waals surface area contributed by atoms with Crippen molar-refractivity contribution in [2.45, 2.75) is 25.4 Å². The van der Waals surface area contributed by atoms with Gasteiger partial charge in [0, 0.05) is 42.5 Å². The summed E-state index contributed by atoms with van der Waals surface area (Å²) in [5, 5.41) is 0. The highest BCUT2D eigenvalue weighted by atomic mass is 19.1. The van der Waals surface area contributed by atoms with Crippen molar-refractivity contribution in [1.29, 1.82) is 0 Å². The molecule has 1 amide bonds. The van der Waals surface area contributed by atoms with Crippen molar-refractivity contribution < 1.29 is 18.3 Å². The van der Waals surface area contributed by atoms with Crippen molar-refractivity contribution in [3.8, 4) is 5.75 Å². The monoisotopic (exact) mass is 408 g/mol. The van der Waals surface area contributed by atoms with Crippen molar-refractivity contribution in [3.05, 3.63) is 95.3 Å². The molecule has 0 aliphatic carbocycles. The number of aromatic nitrogens is 1. The number of hydrogen-bond donors (Lipinski definition) is 0. The summed E-state index contributed by atoms with van der Waals surface area (Å²) in [4.78, 5) is 18.7. The number of nitrogens with zero attached hydrogens (tertiary/aromatic N) is 2. The van der Waals surface area contributed by atoms with Gasteiger partial charge in [0.15, 0.2) is 0 Å². The lowest BCUT2D eigenvalue weighted by molar-refractivity contribution is 0.0705. The number of ether oxygens (including phenoxy) is 1. The smallest absolute Gasteiger partial charge is 0.253 e. The lowest BCUT2D eigenvalue weighted by Crippen LogP contribution is -2.39. The molecule has 154 valence electrons. The van der Waals surface area contributed by atoms with Crippen LogP contribution in [0.5, 0.6) is 5.75 Å². The fraction of sp³-hybridized carbons (Fsp3) is 0.250. The predicted molar refractivity (Wildman–Crippen MR) is 109 cm³/mol. The Hall–Kier alpha value is -3.28. The molecule has 1 aromatic heterocycles. The molecule has 30 heavy (non-hydrogen) atoms. The van der Waals surface area contributed by atoms with Crippen LogP contribution in [0.15, 0.2) is 67.0 Å². The minimum absolute atomic E-state index is 0.115. The molecule has 4 rings (SSSR count). The van der Waals surface area contributed by atoms with E-state index in [1.54, 1.807) is 41.6 Å². The second-order valence-corrected chi connectivity index (χ2v) is 7.43. The van der Waals surface area contributed by atoms with Crippen LogP contribution in [0.2, 0.25) is 0 Å². The van der Waals surface area contributed by atoms with Crippen molar-refractivity contribution >= 4 is 5.91 Å². The van der Waals surface area contributed by atoms with Crippen LogP contribution in [0.4, 0.5) is 8.78 Å². The van der Waals surface area contributed by atoms with E-state index in [4.69, 9.17) is 4.74 Å². The first-order valence-electron chi connectivity index (χ1n) is 9.96. The van der Waals surface area contributed by atoms with Gasteiger partial charge >= 0.3 is 0 Å². The summed E-state index contributed by atoms with van der Waals surface area (Å²) in [6.45, 7) is 1.37. The van der Waals surface area contributed by atoms with E-state index < -0.39 is 11.6 Å². The zero-order valence-electron chi connectivity index (χ0n) is 16.4. The Balaban J connectivity index is 1.40. The molecule has 1 aliphatic heterocycles. The molecule has 0 N–H and O–H groups in total. The number of piperidine rings is 1. The highest BCUT2D eigenvalue weighted by Crippen LogP contribution is 2.30. The molecule has 2 heterocycles. The highest BCUT2D eigenvalue weighted by molar-refractivity contribution is 5.94. The number of halogens is 2. The first-order valence-corrected chi connectivity index (χ1v) is 9.96. The van der Waals surface area contributed by atoms with Crippen molar-refractivity contribution in [1.82, 2.24) is 9.88 Å². The average molecular weight is 408 g/mol. The number of benzene rings is 2. The van der Waals surface area contributed by atoms with E-state index in [9.17, 15) is 13.6 Å². The fourth-order valence-corrected chi connectivity index (χ4v) is 3.77. The third kappa shape index (κ3) is 4.64. The quantitative estimate of drug-likeness (QED) is 0.599. The van der Waals surface area contributed by atoms with Gasteiger partial charge in [-0.3, -0.25) is 9.78 Å². The lowest BCUT2D eigenvalue weighted by Gasteiger charge is -2.33. The van der Waals surface area contributed by atoms with Gasteiger partial charge in [-0.2, -0.15) is 0 Å². The Bertz CT molecular complexity index is 1010. The van der Waals surface area contributed by atoms with Gasteiger partial charge in [0.25, 0.3) is 5.91 Å². The fourth-order valence-electron chi connectivity index (χ4n) is 3.77. The lowest BCUT2D eigenvalue weighted by atomic mass is 9.90. The van der Waals surface area contributed by atoms with Crippen LogP contribution < -0.4 is 4.74 Å². The molecule has 4 nitrogen and oxygen atoms in total. The summed E-state index contributed by atoms with van der Waals surface area (Å²) in [6, 6.07) is 14.3. The van der Waals surface area contributed by atoms with Crippen molar-refractivity contribution in [2.24, 2.45) is 0 Å². The molecular weight excluding hydrogens is 386 g/mol. The van der Waals surface area contributed by atoms with Gasteiger partial charge in [0.2, 0.25) is 0 Å². The first-order chi connectivity index (χ1) is 14.6. The molecule has 1 aliphatic rings. The van der Waals surface area contributed by atoms with Crippen molar-refractivity contribution in [3.63, 3.8) is 0 Å². The topological polar surface area (TPSA) is 42.4 Å². The minimum atomic E-state index is -0.461. The normalized spacial score (nSPS) is 16.3. The summed E-state index contributed by atoms with van der Waals surface area (Å²) in [6.07, 6.45) is 4.92. The largest absolute Gasteiger partial charge is 0.489 e. The first kappa shape index (κ1) is 20.0. The van der Waals surface area contributed by atoms with Gasteiger partial charge in [-0.15, -0.1) is 0 Å². The molecule has 6 heteroatoms. The third-order valence-electron chi connectivity index (χ3n) is 5.34. The molecule has 1 fully saturated rings. The average Bonchev–Trinajstić information content (AvgIpc) is 2.80. The van der Waals surface area contributed by atoms with Crippen LogP contribution in [0, 0.1) is 11.6 Å². The summed E-state index contributed by atoms with van der Waals surface area (Å²) in [7, 11) is 0. The number of carbonyl (C=O) groups is 1. The zero-order valence-corrected chi connectivity index (χ0v) is 16.4. The summed E-state index contributed by atoms with van der Waals surface area (Å²) < 4.78 is 33.5. The number of hydrogen-bond acceptors (Lipinski definition) is 3. The maximum Gasteiger partial charge on any atom is 0.253 e. The molecule has 0 bridgehead atoms. The van der Waals surface area contributed by atoms with Crippen molar-refractivity contribution in [2.75, 3.05) is 13.1 Å². The molecule has 0 spiro atoms. The SMILES string of the molecule is O=C(c1ccc(OCc2cccnc2)cc1)N1CCCC(c2cc(F)ccc2F)C1. The molecule has 0 radical (unpaired) electrons. The van der Waals surface area contributed by atoms with Crippen LogP contribution in [-0.4, -0.2) is 28.9 Å². The molecule has 1 saturated heterocycles. The predicted octanol–water partition coefficient (Wildman–Crippen LogP) is 4.96.